The zero-order valence-electron chi connectivity index (χ0n) is 71.2. The number of hydrogen-bond donors (Lipinski definition) is 6. The number of nitrogens with zero attached hydrogens (tertiary/aromatic N) is 4. The number of methoxy groups -OCH3 is 1. The number of anilines is 5. The van der Waals surface area contributed by atoms with E-state index in [9.17, 15) is 38.4 Å². The van der Waals surface area contributed by atoms with Gasteiger partial charge in [0.25, 0.3) is 22.2 Å². The van der Waals surface area contributed by atoms with Crippen molar-refractivity contribution >= 4 is 95.4 Å². The van der Waals surface area contributed by atoms with Gasteiger partial charge in [0, 0.05) is 136 Å². The van der Waals surface area contributed by atoms with Crippen molar-refractivity contribution in [2.45, 2.75) is 79.8 Å². The zero-order valence-corrected chi connectivity index (χ0v) is 71.2. The van der Waals surface area contributed by atoms with Crippen molar-refractivity contribution in [2.24, 2.45) is 5.41 Å². The lowest BCUT2D eigenvalue weighted by Crippen LogP contribution is -2.33. The zero-order chi connectivity index (χ0) is 88.1. The van der Waals surface area contributed by atoms with Gasteiger partial charge in [0.1, 0.15) is 17.3 Å². The lowest BCUT2D eigenvalue weighted by Gasteiger charge is -2.21. The van der Waals surface area contributed by atoms with Crippen molar-refractivity contribution in [1.29, 1.82) is 0 Å². The van der Waals surface area contributed by atoms with E-state index in [4.69, 9.17) is 9.47 Å². The summed E-state index contributed by atoms with van der Waals surface area (Å²) in [6, 6.07) is 82.2. The van der Waals surface area contributed by atoms with Gasteiger partial charge in [0.05, 0.1) is 37.9 Å². The number of pyridine rings is 4. The second-order valence-corrected chi connectivity index (χ2v) is 33.6. The van der Waals surface area contributed by atoms with E-state index in [0.29, 0.717) is 95.1 Å². The smallest absolute Gasteiger partial charge is 0.326 e. The summed E-state index contributed by atoms with van der Waals surface area (Å²) in [5, 5.41) is 11.9. The number of aromatic amines is 4. The molecule has 0 spiro atoms. The number of fused-ring (bicyclic) bond motifs is 8. The van der Waals surface area contributed by atoms with E-state index >= 15 is 4.39 Å². The van der Waals surface area contributed by atoms with Crippen LogP contribution in [0.3, 0.4) is 0 Å². The van der Waals surface area contributed by atoms with Crippen molar-refractivity contribution in [2.75, 3.05) is 58.7 Å². The van der Waals surface area contributed by atoms with E-state index in [1.54, 1.807) is 64.7 Å². The van der Waals surface area contributed by atoms with Gasteiger partial charge in [-0.25, -0.2) is 14.0 Å². The molecule has 0 saturated heterocycles. The van der Waals surface area contributed by atoms with Crippen LogP contribution in [0.4, 0.5) is 42.4 Å². The fourth-order valence-electron chi connectivity index (χ4n) is 17.0. The molecule has 4 aliphatic heterocycles. The molecule has 21 heteroatoms. The van der Waals surface area contributed by atoms with Gasteiger partial charge in [0.2, 0.25) is 11.8 Å². The Morgan fingerprint density at radius 3 is 1.30 bits per heavy atom. The van der Waals surface area contributed by atoms with Gasteiger partial charge in [-0.3, -0.25) is 33.7 Å². The summed E-state index contributed by atoms with van der Waals surface area (Å²) in [5.41, 5.74) is 20.3. The fourth-order valence-corrected chi connectivity index (χ4v) is 17.0. The Morgan fingerprint density at radius 1 is 0.378 bits per heavy atom. The van der Waals surface area contributed by atoms with Crippen LogP contribution in [0.15, 0.2) is 305 Å². The number of halogens is 1. The number of para-hydroxylation sites is 1. The van der Waals surface area contributed by atoms with Crippen LogP contribution >= 0.6 is 0 Å². The molecule has 0 unspecified atom stereocenters. The molecule has 0 radical (unpaired) electrons. The maximum absolute atomic E-state index is 15.0. The highest BCUT2D eigenvalue weighted by Crippen LogP contribution is 2.39. The molecule has 8 heterocycles. The topological polar surface area (TPSA) is 255 Å². The molecule has 127 heavy (non-hydrogen) atoms. The first kappa shape index (κ1) is 83.7. The highest BCUT2D eigenvalue weighted by Gasteiger charge is 2.30. The van der Waals surface area contributed by atoms with Crippen LogP contribution in [0.25, 0.3) is 87.6 Å². The predicted octanol–water partition coefficient (Wildman–Crippen LogP) is 20.4. The average Bonchev–Trinajstić information content (AvgIpc) is 1.79. The normalized spacial score (nSPS) is 12.9. The lowest BCUT2D eigenvalue weighted by molar-refractivity contribution is -0.118. The number of rotatable bonds is 13. The van der Waals surface area contributed by atoms with Crippen molar-refractivity contribution < 1.29 is 33.0 Å². The van der Waals surface area contributed by atoms with Crippen LogP contribution in [0, 0.1) is 25.1 Å². The quantitative estimate of drug-likeness (QED) is 0.0636. The Labute approximate surface area is 732 Å². The van der Waals surface area contributed by atoms with E-state index in [1.807, 2.05) is 231 Å². The molecular formula is C106H93FN10O10. The van der Waals surface area contributed by atoms with Gasteiger partial charge >= 0.3 is 12.1 Å². The molecule has 634 valence electrons. The van der Waals surface area contributed by atoms with Gasteiger partial charge in [-0.1, -0.05) is 208 Å². The summed E-state index contributed by atoms with van der Waals surface area (Å²) in [5.74, 6) is 1.16. The second-order valence-electron chi connectivity index (χ2n) is 33.6. The Kier molecular flexibility index (Phi) is 23.8. The van der Waals surface area contributed by atoms with Crippen LogP contribution in [0.1, 0.15) is 70.8 Å². The fraction of sp³-hybridized carbons (Fsp3) is 0.170. The lowest BCUT2D eigenvalue weighted by atomic mass is 9.98. The number of nitrogens with one attached hydrogen (secondary N) is 6. The monoisotopic (exact) mass is 1680 g/mol. The molecule has 6 N–H and O–H groups in total. The largest absolute Gasteiger partial charge is 0.497 e. The molecule has 12 aromatic carbocycles. The van der Waals surface area contributed by atoms with Gasteiger partial charge in [-0.05, 0) is 189 Å². The molecule has 0 bridgehead atoms. The highest BCUT2D eigenvalue weighted by atomic mass is 19.1. The molecule has 0 saturated carbocycles. The summed E-state index contributed by atoms with van der Waals surface area (Å²) in [7, 11) is 1.62. The number of benzene rings is 12. The third kappa shape index (κ3) is 18.3. The SMILES string of the molecule is CC(C)(C)COc1ccc2c(c1)N(C(=O)Cc1ccc(-c3c[nH]c(=O)c4ccccc34)cc1)CC2.COc1ccc2c(c1)N(C(=O)Nc1ccc(-c3c[nH]c(=O)c4ccc(C)cc34)cc1)CC2.Cc1ccc2c(=O)[nH]cc(-c3ccc(NC(=O)N4Cc5ccccc5C4)cc3)c2c1.O=C(Cc1ccc(-c2c[nH]c(=O)c3ccccc23)c(F)c1)N1CCc2ccccc21. The number of ether oxygens (including phenoxy) is 2. The molecule has 0 aliphatic carbocycles. The minimum atomic E-state index is -0.417. The Balaban J connectivity index is 0.000000119. The molecule has 20 rings (SSSR count). The van der Waals surface area contributed by atoms with E-state index in [-0.39, 0.29) is 57.9 Å². The van der Waals surface area contributed by atoms with Crippen molar-refractivity contribution in [1.82, 2.24) is 24.8 Å². The summed E-state index contributed by atoms with van der Waals surface area (Å²) >= 11 is 0. The van der Waals surface area contributed by atoms with Crippen LogP contribution in [-0.2, 0) is 54.8 Å². The average molecular weight is 1690 g/mol. The number of amides is 6. The minimum Gasteiger partial charge on any atom is -0.497 e. The molecule has 0 fully saturated rings. The molecule has 16 aromatic rings. The summed E-state index contributed by atoms with van der Waals surface area (Å²) < 4.78 is 26.3. The highest BCUT2D eigenvalue weighted by molar-refractivity contribution is 6.05. The number of urea groups is 2. The number of carbonyl (C=O) groups is 4. The van der Waals surface area contributed by atoms with E-state index < -0.39 is 5.82 Å². The number of aromatic nitrogens is 4. The third-order valence-corrected chi connectivity index (χ3v) is 23.6. The number of aryl methyl sites for hydroxylation is 2. The Morgan fingerprint density at radius 2 is 0.780 bits per heavy atom. The van der Waals surface area contributed by atoms with Crippen LogP contribution in [0.5, 0.6) is 11.5 Å². The number of hydrogen-bond acceptors (Lipinski definition) is 10. The summed E-state index contributed by atoms with van der Waals surface area (Å²) in [6.45, 7) is 14.3. The van der Waals surface area contributed by atoms with Crippen LogP contribution in [-0.4, -0.2) is 82.1 Å². The van der Waals surface area contributed by atoms with Crippen LogP contribution < -0.4 is 57.0 Å². The molecule has 6 amide bonds. The molecule has 4 aliphatic rings. The maximum atomic E-state index is 15.0. The molecule has 4 aromatic heterocycles. The minimum absolute atomic E-state index is 0.0402. The van der Waals surface area contributed by atoms with Gasteiger partial charge in [-0.2, -0.15) is 0 Å². The third-order valence-electron chi connectivity index (χ3n) is 23.6. The number of H-pyrrole nitrogens is 4. The summed E-state index contributed by atoms with van der Waals surface area (Å²) in [4.78, 5) is 118. The van der Waals surface area contributed by atoms with Crippen molar-refractivity contribution in [3.63, 3.8) is 0 Å². The maximum Gasteiger partial charge on any atom is 0.326 e. The van der Waals surface area contributed by atoms with Gasteiger partial charge in [-0.15, -0.1) is 0 Å². The first-order chi connectivity index (χ1) is 61.5. The van der Waals surface area contributed by atoms with E-state index in [0.717, 1.165) is 131 Å². The first-order valence-corrected chi connectivity index (χ1v) is 42.4. The van der Waals surface area contributed by atoms with Crippen LogP contribution in [0.2, 0.25) is 0 Å². The number of carbonyl (C=O) groups excluding carboxylic acids is 4. The van der Waals surface area contributed by atoms with Crippen molar-refractivity contribution in [3.05, 3.63) is 383 Å². The molecule has 20 nitrogen and oxygen atoms in total. The van der Waals surface area contributed by atoms with Gasteiger partial charge < -0.3 is 54.7 Å². The Bertz CT molecular complexity index is 7190. The van der Waals surface area contributed by atoms with Gasteiger partial charge in [0.15, 0.2) is 0 Å². The standard InChI is InChI=1S/C30H30N2O3.C26H23N3O3.C25H19FN2O2.C25H21N3O2/c1-30(2,3)19-35-23-13-12-22-14-15-32(27(22)17-23)28(33)16-20-8-10-21(11-9-20)26-18-31-29(34)25-7-5-4-6-24(25)26;1-16-3-10-21-22(13-16)23(15-27-25(21)30)17-4-7-19(8-5-17)28-26(31)29-12-11-18-6-9-20(32-2)14-24(18)29;26-22-13-16(14-24(29)28-12-11-17-5-1-4-8-23(17)28)9-10-19(22)21-15-27-25(30)20-7-3-2-6-18(20)21;1-16-6-11-21-22(12-16)23(13-26-24(21)29)17-7-9-20(10-8-17)27-25(30)28-14-18-4-2-3-5-19(18)15-28/h4-13,17-18H,14-16,19H2,1-3H3,(H,31,34);3-10,13-15H,11-12H2,1-2H3,(H,27,30)(H,28,31);1-10,13,15H,11-12,14H2,(H,27,30);2-13H,14-15H2,1H3,(H,26,29)(H,27,30). The Hall–Kier alpha value is -15.5. The molecule has 0 atom stereocenters. The second kappa shape index (κ2) is 36.1. The van der Waals surface area contributed by atoms with Crippen molar-refractivity contribution in [3.8, 4) is 56.0 Å². The molecular weight excluding hydrogens is 1590 g/mol. The van der Waals surface area contributed by atoms with E-state index in [2.05, 4.69) is 69.5 Å². The summed E-state index contributed by atoms with van der Waals surface area (Å²) in [6.07, 6.45) is 9.78. The first-order valence-electron chi connectivity index (χ1n) is 42.4. The predicted molar refractivity (Wildman–Crippen MR) is 505 cm³/mol. The van der Waals surface area contributed by atoms with E-state index in [1.165, 1.54) is 29.0 Å².